The minimum Gasteiger partial charge on any atom is -0.481 e. The SMILES string of the molecule is COC[C@@H](NC(=O)[C@@H](NC(=O)[C@H](CCCc1ccc(-c2ccccc2)c(C)c1)C(C(=O)O)C(C)(C)C)C(C)(C)C)c1ccccc1. The van der Waals surface area contributed by atoms with E-state index in [0.717, 1.165) is 22.3 Å². The Morgan fingerprint density at radius 2 is 1.41 bits per heavy atom. The molecule has 0 aliphatic heterocycles. The van der Waals surface area contributed by atoms with Crippen LogP contribution in [0.1, 0.15) is 77.1 Å². The fourth-order valence-corrected chi connectivity index (χ4v) is 6.20. The molecule has 0 aliphatic rings. The summed E-state index contributed by atoms with van der Waals surface area (Å²) < 4.78 is 5.39. The average Bonchev–Trinajstić information content (AvgIpc) is 2.98. The smallest absolute Gasteiger partial charge is 0.307 e. The normalized spacial score (nSPS) is 14.5. The lowest BCUT2D eigenvalue weighted by atomic mass is 9.70. The van der Waals surface area contributed by atoms with Crippen LogP contribution < -0.4 is 10.6 Å². The molecule has 7 nitrogen and oxygen atoms in total. The van der Waals surface area contributed by atoms with Crippen LogP contribution in [0.15, 0.2) is 78.9 Å². The molecule has 0 saturated carbocycles. The van der Waals surface area contributed by atoms with Crippen molar-refractivity contribution in [2.75, 3.05) is 13.7 Å². The van der Waals surface area contributed by atoms with Gasteiger partial charge in [0.25, 0.3) is 0 Å². The highest BCUT2D eigenvalue weighted by molar-refractivity contribution is 5.91. The van der Waals surface area contributed by atoms with E-state index in [1.165, 1.54) is 5.56 Å². The first-order valence-corrected chi connectivity index (χ1v) is 16.2. The van der Waals surface area contributed by atoms with Gasteiger partial charge in [0.05, 0.1) is 24.5 Å². The van der Waals surface area contributed by atoms with Crippen LogP contribution >= 0.6 is 0 Å². The summed E-state index contributed by atoms with van der Waals surface area (Å²) in [5.41, 5.74) is 4.20. The van der Waals surface area contributed by atoms with E-state index >= 15 is 0 Å². The number of aliphatic carboxylic acids is 1. The summed E-state index contributed by atoms with van der Waals surface area (Å²) in [7, 11) is 1.58. The molecule has 0 heterocycles. The summed E-state index contributed by atoms with van der Waals surface area (Å²) in [4.78, 5) is 40.5. The Morgan fingerprint density at radius 1 is 0.804 bits per heavy atom. The molecule has 0 aliphatic carbocycles. The van der Waals surface area contributed by atoms with Crippen molar-refractivity contribution in [1.29, 1.82) is 0 Å². The van der Waals surface area contributed by atoms with Crippen molar-refractivity contribution in [1.82, 2.24) is 10.6 Å². The fraction of sp³-hybridized carbons (Fsp3) is 0.462. The van der Waals surface area contributed by atoms with Crippen LogP contribution in [0.3, 0.4) is 0 Å². The van der Waals surface area contributed by atoms with E-state index in [1.54, 1.807) is 7.11 Å². The predicted molar refractivity (Wildman–Crippen MR) is 184 cm³/mol. The van der Waals surface area contributed by atoms with Crippen molar-refractivity contribution in [2.24, 2.45) is 22.7 Å². The van der Waals surface area contributed by atoms with Crippen molar-refractivity contribution < 1.29 is 24.2 Å². The lowest BCUT2D eigenvalue weighted by molar-refractivity contribution is -0.153. The minimum absolute atomic E-state index is 0.264. The quantitative estimate of drug-likeness (QED) is 0.173. The highest BCUT2D eigenvalue weighted by Crippen LogP contribution is 2.36. The van der Waals surface area contributed by atoms with E-state index in [4.69, 9.17) is 4.74 Å². The van der Waals surface area contributed by atoms with E-state index < -0.39 is 46.6 Å². The summed E-state index contributed by atoms with van der Waals surface area (Å²) in [6.07, 6.45) is 1.70. The number of aryl methyl sites for hydroxylation is 2. The Bertz CT molecular complexity index is 1440. The minimum atomic E-state index is -1.02. The zero-order chi connectivity index (χ0) is 34.1. The number of carbonyl (C=O) groups excluding carboxylic acids is 2. The molecular weight excluding hydrogens is 576 g/mol. The predicted octanol–water partition coefficient (Wildman–Crippen LogP) is 7.38. The molecular formula is C39H52N2O5. The van der Waals surface area contributed by atoms with E-state index in [2.05, 4.69) is 47.9 Å². The number of nitrogens with one attached hydrogen (secondary N) is 2. The second-order valence-corrected chi connectivity index (χ2v) is 14.4. The molecule has 0 bridgehead atoms. The van der Waals surface area contributed by atoms with Crippen LogP contribution in [0.5, 0.6) is 0 Å². The van der Waals surface area contributed by atoms with Gasteiger partial charge in [-0.25, -0.2) is 0 Å². The summed E-state index contributed by atoms with van der Waals surface area (Å²) in [6.45, 7) is 13.6. The Balaban J connectivity index is 1.82. The van der Waals surface area contributed by atoms with Gasteiger partial charge in [-0.15, -0.1) is 0 Å². The van der Waals surface area contributed by atoms with Crippen LogP contribution in [-0.4, -0.2) is 42.6 Å². The van der Waals surface area contributed by atoms with Crippen LogP contribution in [-0.2, 0) is 25.5 Å². The maximum atomic E-state index is 14.1. The zero-order valence-corrected chi connectivity index (χ0v) is 28.7. The van der Waals surface area contributed by atoms with Gasteiger partial charge in [-0.2, -0.15) is 0 Å². The number of hydrogen-bond acceptors (Lipinski definition) is 4. The van der Waals surface area contributed by atoms with Gasteiger partial charge < -0.3 is 20.5 Å². The highest BCUT2D eigenvalue weighted by Gasteiger charge is 2.43. The first-order valence-electron chi connectivity index (χ1n) is 16.2. The Labute approximate surface area is 275 Å². The van der Waals surface area contributed by atoms with E-state index in [9.17, 15) is 19.5 Å². The number of hydrogen-bond donors (Lipinski definition) is 3. The number of ether oxygens (including phenoxy) is 1. The highest BCUT2D eigenvalue weighted by atomic mass is 16.5. The van der Waals surface area contributed by atoms with Crippen molar-refractivity contribution in [3.05, 3.63) is 95.6 Å². The number of rotatable bonds is 14. The third-order valence-corrected chi connectivity index (χ3v) is 8.56. The third kappa shape index (κ3) is 10.0. The molecule has 248 valence electrons. The maximum absolute atomic E-state index is 14.1. The Kier molecular flexibility index (Phi) is 12.7. The summed E-state index contributed by atoms with van der Waals surface area (Å²) in [6, 6.07) is 24.9. The second-order valence-electron chi connectivity index (χ2n) is 14.4. The van der Waals surface area contributed by atoms with Crippen molar-refractivity contribution in [2.45, 2.75) is 79.8 Å². The van der Waals surface area contributed by atoms with Gasteiger partial charge in [0, 0.05) is 7.11 Å². The van der Waals surface area contributed by atoms with Crippen molar-refractivity contribution in [3.8, 4) is 11.1 Å². The molecule has 0 aromatic heterocycles. The van der Waals surface area contributed by atoms with Crippen molar-refractivity contribution >= 4 is 17.8 Å². The molecule has 3 N–H and O–H groups in total. The third-order valence-electron chi connectivity index (χ3n) is 8.56. The molecule has 4 atom stereocenters. The Morgan fingerprint density at radius 3 is 1.93 bits per heavy atom. The van der Waals surface area contributed by atoms with Gasteiger partial charge in [0.2, 0.25) is 11.8 Å². The van der Waals surface area contributed by atoms with Gasteiger partial charge in [-0.1, -0.05) is 120 Å². The molecule has 3 rings (SSSR count). The topological polar surface area (TPSA) is 105 Å². The lowest BCUT2D eigenvalue weighted by Crippen LogP contribution is -2.57. The van der Waals surface area contributed by atoms with Gasteiger partial charge in [-0.05, 0) is 64.8 Å². The van der Waals surface area contributed by atoms with Crippen LogP contribution in [0.2, 0.25) is 0 Å². The first kappa shape index (κ1) is 36.5. The molecule has 0 spiro atoms. The van der Waals surface area contributed by atoms with Crippen LogP contribution in [0.25, 0.3) is 11.1 Å². The van der Waals surface area contributed by atoms with E-state index in [0.29, 0.717) is 19.3 Å². The molecule has 0 radical (unpaired) electrons. The van der Waals surface area contributed by atoms with Gasteiger partial charge in [0.15, 0.2) is 0 Å². The number of carboxylic acids is 1. The molecule has 3 aromatic rings. The lowest BCUT2D eigenvalue weighted by Gasteiger charge is -2.37. The zero-order valence-electron chi connectivity index (χ0n) is 28.7. The van der Waals surface area contributed by atoms with Crippen LogP contribution in [0, 0.1) is 29.6 Å². The molecule has 7 heteroatoms. The number of benzene rings is 3. The molecule has 0 fully saturated rings. The number of methoxy groups -OCH3 is 1. The molecule has 3 aromatic carbocycles. The van der Waals surface area contributed by atoms with Gasteiger partial charge in [-0.3, -0.25) is 14.4 Å². The second kappa shape index (κ2) is 16.0. The van der Waals surface area contributed by atoms with Gasteiger partial charge >= 0.3 is 5.97 Å². The largest absolute Gasteiger partial charge is 0.481 e. The monoisotopic (exact) mass is 628 g/mol. The first-order chi connectivity index (χ1) is 21.6. The fourth-order valence-electron chi connectivity index (χ4n) is 6.20. The standard InChI is InChI=1S/C39H52N2O5/c1-26-24-27(22-23-30(26)28-17-11-9-12-18-28)16-15-21-31(33(37(44)45)38(2,3)4)35(42)41-34(39(5,6)7)36(43)40-32(25-46-8)29-19-13-10-14-20-29/h9-14,17-20,22-24,31-34H,15-16,21,25H2,1-8H3,(H,40,43)(H,41,42)(H,44,45)/t31-,32-,33?,34-/m1/s1. The molecule has 46 heavy (non-hydrogen) atoms. The number of amides is 2. The molecule has 0 saturated heterocycles. The number of carbonyl (C=O) groups is 3. The summed E-state index contributed by atoms with van der Waals surface area (Å²) in [5.74, 6) is -3.55. The summed E-state index contributed by atoms with van der Waals surface area (Å²) >= 11 is 0. The average molecular weight is 629 g/mol. The maximum Gasteiger partial charge on any atom is 0.307 e. The number of carboxylic acid groups (broad SMARTS) is 1. The summed E-state index contributed by atoms with van der Waals surface area (Å²) in [5, 5.41) is 16.4. The van der Waals surface area contributed by atoms with Crippen LogP contribution in [0.4, 0.5) is 0 Å². The molecule has 1 unspecified atom stereocenters. The van der Waals surface area contributed by atoms with Crippen molar-refractivity contribution in [3.63, 3.8) is 0 Å². The van der Waals surface area contributed by atoms with E-state index in [-0.39, 0.29) is 12.5 Å². The Hall–Kier alpha value is -3.97. The van der Waals surface area contributed by atoms with E-state index in [1.807, 2.05) is 90.1 Å². The van der Waals surface area contributed by atoms with Gasteiger partial charge in [0.1, 0.15) is 6.04 Å². The molecule has 2 amide bonds.